The molecule has 1 heterocycles. The second-order valence-corrected chi connectivity index (χ2v) is 13.2. The van der Waals surface area contributed by atoms with Crippen LogP contribution in [0.2, 0.25) is 0 Å². The summed E-state index contributed by atoms with van der Waals surface area (Å²) in [5.74, 6) is -0.520. The number of nitrogens with zero attached hydrogens (tertiary/aromatic N) is 2. The maximum Gasteiger partial charge on any atom is 0.345 e. The molecule has 0 bridgehead atoms. The number of fused-ring (bicyclic) bond motifs is 4. The van der Waals surface area contributed by atoms with Crippen molar-refractivity contribution in [3.63, 3.8) is 0 Å². The van der Waals surface area contributed by atoms with Gasteiger partial charge in [-0.25, -0.2) is 4.79 Å². The summed E-state index contributed by atoms with van der Waals surface area (Å²) < 4.78 is 5.87. The Labute approximate surface area is 272 Å². The Bertz CT molecular complexity index is 2020. The molecule has 0 amide bonds. The minimum Gasteiger partial charge on any atom is -0.423 e. The van der Waals surface area contributed by atoms with Crippen molar-refractivity contribution in [2.45, 2.75) is 33.9 Å². The standard InChI is InChI=1S/C35H26ClN3O6S/c36-32-30(46-29-14-4-3-13-28(29)39(43)44)19-27-31(32)25-11-6-12-26(34(25)37-33(27)22-9-5-10-23(17-22)38(41)42)35(40)45-24-16-15-20-7-1-2-8-21(20)18-24/h1-18,27,30-33,37H,19H2/t27-,30+,31+,32+,33-/m1/s1. The van der Waals surface area contributed by atoms with E-state index in [0.717, 1.165) is 16.3 Å². The van der Waals surface area contributed by atoms with Crippen molar-refractivity contribution in [1.82, 2.24) is 0 Å². The summed E-state index contributed by atoms with van der Waals surface area (Å²) >= 11 is 8.64. The van der Waals surface area contributed by atoms with E-state index in [-0.39, 0.29) is 28.5 Å². The van der Waals surface area contributed by atoms with Gasteiger partial charge < -0.3 is 10.1 Å². The average molecular weight is 652 g/mol. The Morgan fingerprint density at radius 1 is 0.848 bits per heavy atom. The Morgan fingerprint density at radius 2 is 1.61 bits per heavy atom. The first-order chi connectivity index (χ1) is 22.3. The molecule has 1 N–H and O–H groups in total. The van der Waals surface area contributed by atoms with Gasteiger partial charge in [-0.1, -0.05) is 66.7 Å². The molecular formula is C35H26ClN3O6S. The second-order valence-electron chi connectivity index (χ2n) is 11.4. The number of carbonyl (C=O) groups excluding carboxylic acids is 1. The van der Waals surface area contributed by atoms with Crippen LogP contribution in [0.3, 0.4) is 0 Å². The van der Waals surface area contributed by atoms with Crippen LogP contribution >= 0.6 is 23.4 Å². The van der Waals surface area contributed by atoms with E-state index in [4.69, 9.17) is 16.3 Å². The number of anilines is 1. The van der Waals surface area contributed by atoms with Gasteiger partial charge in [-0.15, -0.1) is 23.4 Å². The third-order valence-corrected chi connectivity index (χ3v) is 10.9. The van der Waals surface area contributed by atoms with Crippen LogP contribution in [-0.4, -0.2) is 26.4 Å². The molecule has 46 heavy (non-hydrogen) atoms. The zero-order valence-electron chi connectivity index (χ0n) is 24.1. The van der Waals surface area contributed by atoms with E-state index >= 15 is 0 Å². The maximum absolute atomic E-state index is 13.7. The van der Waals surface area contributed by atoms with Crippen molar-refractivity contribution in [1.29, 1.82) is 0 Å². The molecule has 0 unspecified atom stereocenters. The predicted molar refractivity (Wildman–Crippen MR) is 178 cm³/mol. The lowest BCUT2D eigenvalue weighted by molar-refractivity contribution is -0.387. The third-order valence-electron chi connectivity index (χ3n) is 8.78. The minimum atomic E-state index is -0.550. The van der Waals surface area contributed by atoms with E-state index < -0.39 is 27.2 Å². The number of ether oxygens (including phenoxy) is 1. The van der Waals surface area contributed by atoms with E-state index in [9.17, 15) is 25.0 Å². The number of non-ortho nitro benzene ring substituents is 1. The van der Waals surface area contributed by atoms with E-state index in [1.165, 1.54) is 23.9 Å². The van der Waals surface area contributed by atoms with Gasteiger partial charge >= 0.3 is 5.97 Å². The Morgan fingerprint density at radius 3 is 2.41 bits per heavy atom. The number of alkyl halides is 1. The molecule has 1 aliphatic heterocycles. The van der Waals surface area contributed by atoms with Crippen LogP contribution in [0.15, 0.2) is 114 Å². The fourth-order valence-electron chi connectivity index (χ4n) is 6.74. The van der Waals surface area contributed by atoms with Crippen molar-refractivity contribution in [3.8, 4) is 5.75 Å². The predicted octanol–water partition coefficient (Wildman–Crippen LogP) is 8.91. The van der Waals surface area contributed by atoms with Gasteiger partial charge in [-0.05, 0) is 58.5 Å². The van der Waals surface area contributed by atoms with Crippen molar-refractivity contribution >= 4 is 57.2 Å². The van der Waals surface area contributed by atoms with Gasteiger partial charge in [0.25, 0.3) is 11.4 Å². The number of hydrogen-bond donors (Lipinski definition) is 1. The summed E-state index contributed by atoms with van der Waals surface area (Å²) in [6.45, 7) is 0. The fourth-order valence-corrected chi connectivity index (χ4v) is 8.68. The van der Waals surface area contributed by atoms with Crippen molar-refractivity contribution in [2.24, 2.45) is 5.92 Å². The Balaban J connectivity index is 1.28. The highest BCUT2D eigenvalue weighted by Gasteiger charge is 2.51. The fraction of sp³-hybridized carbons (Fsp3) is 0.171. The van der Waals surface area contributed by atoms with Crippen LogP contribution in [0.4, 0.5) is 17.1 Å². The van der Waals surface area contributed by atoms with Crippen molar-refractivity contribution < 1.29 is 19.4 Å². The first-order valence-corrected chi connectivity index (χ1v) is 16.0. The number of nitro groups is 2. The maximum atomic E-state index is 13.7. The van der Waals surface area contributed by atoms with Gasteiger partial charge in [-0.2, -0.15) is 0 Å². The lowest BCUT2D eigenvalue weighted by Gasteiger charge is -2.39. The first kappa shape index (κ1) is 29.8. The highest BCUT2D eigenvalue weighted by molar-refractivity contribution is 8.00. The van der Waals surface area contributed by atoms with E-state index in [1.807, 2.05) is 48.5 Å². The molecule has 0 spiro atoms. The van der Waals surface area contributed by atoms with Gasteiger partial charge in [0.2, 0.25) is 0 Å². The molecule has 5 atom stereocenters. The van der Waals surface area contributed by atoms with Crippen LogP contribution in [0.5, 0.6) is 5.75 Å². The van der Waals surface area contributed by atoms with Gasteiger partial charge in [-0.3, -0.25) is 20.2 Å². The van der Waals surface area contributed by atoms with Gasteiger partial charge in [0.1, 0.15) is 5.75 Å². The molecule has 230 valence electrons. The molecule has 5 aromatic carbocycles. The molecule has 7 rings (SSSR count). The third kappa shape index (κ3) is 5.44. The number of nitrogens with one attached hydrogen (secondary N) is 1. The second kappa shape index (κ2) is 12.1. The largest absolute Gasteiger partial charge is 0.423 e. The van der Waals surface area contributed by atoms with Gasteiger partial charge in [0, 0.05) is 29.4 Å². The molecule has 0 saturated heterocycles. The van der Waals surface area contributed by atoms with Crippen LogP contribution in [0.1, 0.15) is 39.9 Å². The summed E-state index contributed by atoms with van der Waals surface area (Å²) in [4.78, 5) is 36.9. The topological polar surface area (TPSA) is 125 Å². The molecular weight excluding hydrogens is 626 g/mol. The number of hydrogen-bond acceptors (Lipinski definition) is 8. The van der Waals surface area contributed by atoms with Crippen LogP contribution in [-0.2, 0) is 0 Å². The number of para-hydroxylation sites is 2. The molecule has 11 heteroatoms. The summed E-state index contributed by atoms with van der Waals surface area (Å²) in [5.41, 5.74) is 2.37. The average Bonchev–Trinajstić information content (AvgIpc) is 3.39. The molecule has 1 aliphatic carbocycles. The molecule has 5 aromatic rings. The Kier molecular flexibility index (Phi) is 7.84. The molecule has 0 aromatic heterocycles. The Hall–Kier alpha value is -4.93. The smallest absolute Gasteiger partial charge is 0.345 e. The lowest BCUT2D eigenvalue weighted by Crippen LogP contribution is -2.32. The number of nitro benzene ring substituents is 2. The van der Waals surface area contributed by atoms with E-state index in [2.05, 4.69) is 5.32 Å². The highest BCUT2D eigenvalue weighted by atomic mass is 35.5. The van der Waals surface area contributed by atoms with E-state index in [0.29, 0.717) is 33.9 Å². The van der Waals surface area contributed by atoms with Crippen molar-refractivity contribution in [3.05, 3.63) is 146 Å². The summed E-state index contributed by atoms with van der Waals surface area (Å²) in [6.07, 6.45) is 0.584. The molecule has 9 nitrogen and oxygen atoms in total. The molecule has 1 saturated carbocycles. The minimum absolute atomic E-state index is 0.0127. The summed E-state index contributed by atoms with van der Waals surface area (Å²) in [5, 5.41) is 28.3. The number of esters is 1. The monoisotopic (exact) mass is 651 g/mol. The lowest BCUT2D eigenvalue weighted by atomic mass is 9.76. The highest BCUT2D eigenvalue weighted by Crippen LogP contribution is 2.58. The van der Waals surface area contributed by atoms with Crippen LogP contribution in [0.25, 0.3) is 10.8 Å². The molecule has 2 aliphatic rings. The van der Waals surface area contributed by atoms with Gasteiger partial charge in [0.15, 0.2) is 0 Å². The van der Waals surface area contributed by atoms with Gasteiger partial charge in [0.05, 0.1) is 37.4 Å². The quantitative estimate of drug-likeness (QED) is 0.0608. The van der Waals surface area contributed by atoms with Crippen molar-refractivity contribution in [2.75, 3.05) is 5.32 Å². The summed E-state index contributed by atoms with van der Waals surface area (Å²) in [7, 11) is 0. The molecule has 0 radical (unpaired) electrons. The summed E-state index contributed by atoms with van der Waals surface area (Å²) in [6, 6.07) is 31.3. The zero-order chi connectivity index (χ0) is 31.9. The number of benzene rings is 5. The molecule has 1 fully saturated rings. The normalized spacial score (nSPS) is 21.5. The zero-order valence-corrected chi connectivity index (χ0v) is 25.7. The SMILES string of the molecule is O=C(Oc1ccc2ccccc2c1)c1cccc2c1N[C@H](c1cccc([N+](=O)[O-])c1)[C@@H]1C[C@H](Sc3ccccc3[N+](=O)[O-])[C@H](Cl)[C@@H]21. The van der Waals surface area contributed by atoms with Crippen LogP contribution in [0, 0.1) is 26.1 Å². The number of carbonyl (C=O) groups is 1. The first-order valence-electron chi connectivity index (χ1n) is 14.7. The van der Waals surface area contributed by atoms with E-state index in [1.54, 1.807) is 48.5 Å². The van der Waals surface area contributed by atoms with Crippen LogP contribution < -0.4 is 10.1 Å². The number of thioether (sulfide) groups is 1. The number of halogens is 1. The number of rotatable bonds is 7.